The van der Waals surface area contributed by atoms with E-state index < -0.39 is 0 Å². The van der Waals surface area contributed by atoms with E-state index >= 15 is 0 Å². The van der Waals surface area contributed by atoms with Crippen LogP contribution in [0.3, 0.4) is 0 Å². The minimum Gasteiger partial charge on any atom is -1.00 e. The first-order chi connectivity index (χ1) is 6.72. The Morgan fingerprint density at radius 3 is 2.53 bits per heavy atom. The summed E-state index contributed by atoms with van der Waals surface area (Å²) in [5.41, 5.74) is 0.753. The molecule has 1 unspecified atom stereocenters. The molecular formula is C11H13ClN2O. The fourth-order valence-corrected chi connectivity index (χ4v) is 1.59. The van der Waals surface area contributed by atoms with Crippen molar-refractivity contribution in [3.05, 3.63) is 35.9 Å². The molecule has 1 heterocycles. The van der Waals surface area contributed by atoms with E-state index in [0.717, 1.165) is 18.7 Å². The van der Waals surface area contributed by atoms with E-state index in [9.17, 15) is 4.79 Å². The van der Waals surface area contributed by atoms with Gasteiger partial charge in [0.1, 0.15) is 6.54 Å². The van der Waals surface area contributed by atoms with Crippen LogP contribution in [-0.2, 0) is 0 Å². The highest BCUT2D eigenvalue weighted by Gasteiger charge is 2.33. The Hall–Kier alpha value is -1.19. The molecule has 1 amide bonds. The van der Waals surface area contributed by atoms with Crippen molar-refractivity contribution in [1.82, 2.24) is 0 Å². The molecule has 0 radical (unpaired) electrons. The summed E-state index contributed by atoms with van der Waals surface area (Å²) < 4.78 is 0.296. The molecule has 4 heteroatoms. The smallest absolute Gasteiger partial charge is 0.351 e. The molecular weight excluding hydrogens is 212 g/mol. The number of carbonyl (C=O) groups is 1. The number of hydrogen-bond donors (Lipinski definition) is 0. The van der Waals surface area contributed by atoms with Gasteiger partial charge in [0.05, 0.1) is 19.2 Å². The van der Waals surface area contributed by atoms with Gasteiger partial charge in [0.25, 0.3) is 0 Å². The van der Waals surface area contributed by atoms with Gasteiger partial charge in [-0.05, 0) is 12.1 Å². The van der Waals surface area contributed by atoms with E-state index in [1.54, 1.807) is 6.34 Å². The molecule has 1 atom stereocenters. The third-order valence-corrected chi connectivity index (χ3v) is 2.51. The molecule has 0 aromatic heterocycles. The summed E-state index contributed by atoms with van der Waals surface area (Å²) in [6, 6.07) is 9.37. The fraction of sp³-hybridized carbons (Fsp3) is 0.273. The molecule has 0 bridgehead atoms. The van der Waals surface area contributed by atoms with Crippen molar-refractivity contribution in [1.29, 1.82) is 0 Å². The summed E-state index contributed by atoms with van der Waals surface area (Å²) in [6.45, 7) is 1.52. The highest BCUT2D eigenvalue weighted by molar-refractivity contribution is 5.93. The molecule has 0 saturated carbocycles. The standard InChI is InChI=1S/C11H13N2O.ClH/c1-13(8-7-12-9-13)11(14)10-5-3-2-4-6-10;/h2-6,9H,7-8H2,1H3;1H/q+1;/p-1. The molecule has 0 N–H and O–H groups in total. The number of rotatable bonds is 1. The first-order valence-electron chi connectivity index (χ1n) is 4.68. The zero-order chi connectivity index (χ0) is 10.0. The van der Waals surface area contributed by atoms with Crippen LogP contribution in [0.25, 0.3) is 0 Å². The fourth-order valence-electron chi connectivity index (χ4n) is 1.59. The van der Waals surface area contributed by atoms with Crippen LogP contribution in [0, 0.1) is 0 Å². The van der Waals surface area contributed by atoms with E-state index in [4.69, 9.17) is 0 Å². The largest absolute Gasteiger partial charge is 1.00 e. The van der Waals surface area contributed by atoms with Crippen molar-refractivity contribution in [2.24, 2.45) is 4.99 Å². The number of carbonyl (C=O) groups excluding carboxylic acids is 1. The predicted molar refractivity (Wildman–Crippen MR) is 55.2 cm³/mol. The number of likely N-dealkylation sites (N-methyl/N-ethyl adjacent to an activating group) is 1. The van der Waals surface area contributed by atoms with Gasteiger partial charge in [0, 0.05) is 0 Å². The van der Waals surface area contributed by atoms with Crippen LogP contribution < -0.4 is 12.4 Å². The Balaban J connectivity index is 0.00000112. The van der Waals surface area contributed by atoms with Crippen LogP contribution in [0.5, 0.6) is 0 Å². The molecule has 1 aliphatic rings. The first kappa shape index (κ1) is 11.9. The summed E-state index contributed by atoms with van der Waals surface area (Å²) in [4.78, 5) is 16.2. The highest BCUT2D eigenvalue weighted by Crippen LogP contribution is 2.12. The third-order valence-electron chi connectivity index (χ3n) is 2.51. The average Bonchev–Trinajstić information content (AvgIpc) is 2.67. The summed E-state index contributed by atoms with van der Waals surface area (Å²) in [6.07, 6.45) is 1.73. The van der Waals surface area contributed by atoms with Crippen molar-refractivity contribution in [3.63, 3.8) is 0 Å². The van der Waals surface area contributed by atoms with Crippen LogP contribution in [0.4, 0.5) is 0 Å². The number of nitrogens with zero attached hydrogens (tertiary/aromatic N) is 2. The van der Waals surface area contributed by atoms with Crippen molar-refractivity contribution >= 4 is 12.2 Å². The van der Waals surface area contributed by atoms with Crippen LogP contribution in [0.15, 0.2) is 35.3 Å². The van der Waals surface area contributed by atoms with Gasteiger partial charge in [-0.15, -0.1) is 0 Å². The van der Waals surface area contributed by atoms with Gasteiger partial charge in [-0.1, -0.05) is 18.2 Å². The number of benzene rings is 1. The van der Waals surface area contributed by atoms with Gasteiger partial charge in [0.15, 0.2) is 6.34 Å². The lowest BCUT2D eigenvalue weighted by Crippen LogP contribution is -3.00. The molecule has 15 heavy (non-hydrogen) atoms. The normalized spacial score (nSPS) is 23.5. The average molecular weight is 225 g/mol. The van der Waals surface area contributed by atoms with Crippen molar-refractivity contribution < 1.29 is 21.7 Å². The second kappa shape index (κ2) is 4.55. The van der Waals surface area contributed by atoms with E-state index in [2.05, 4.69) is 4.99 Å². The Morgan fingerprint density at radius 1 is 1.33 bits per heavy atom. The maximum atomic E-state index is 12.0. The number of halogens is 1. The number of amides is 1. The maximum absolute atomic E-state index is 12.0. The van der Waals surface area contributed by atoms with Crippen molar-refractivity contribution in [3.8, 4) is 0 Å². The van der Waals surface area contributed by atoms with Gasteiger partial charge in [-0.2, -0.15) is 0 Å². The van der Waals surface area contributed by atoms with Gasteiger partial charge >= 0.3 is 5.91 Å². The molecule has 0 spiro atoms. The minimum absolute atomic E-state index is 0. The molecule has 0 aliphatic carbocycles. The van der Waals surface area contributed by atoms with Crippen LogP contribution >= 0.6 is 0 Å². The Labute approximate surface area is 95.4 Å². The van der Waals surface area contributed by atoms with Crippen molar-refractivity contribution in [2.45, 2.75) is 0 Å². The highest BCUT2D eigenvalue weighted by atomic mass is 35.5. The summed E-state index contributed by atoms with van der Waals surface area (Å²) in [7, 11) is 1.89. The van der Waals surface area contributed by atoms with Crippen LogP contribution in [0.2, 0.25) is 0 Å². The monoisotopic (exact) mass is 224 g/mol. The number of quaternary nitrogens is 1. The van der Waals surface area contributed by atoms with Crippen LogP contribution in [0.1, 0.15) is 10.4 Å². The van der Waals surface area contributed by atoms with E-state index in [0.29, 0.717) is 4.48 Å². The minimum atomic E-state index is 0. The molecule has 1 aromatic carbocycles. The zero-order valence-corrected chi connectivity index (χ0v) is 9.31. The van der Waals surface area contributed by atoms with E-state index in [1.807, 2.05) is 37.4 Å². The van der Waals surface area contributed by atoms with E-state index in [1.165, 1.54) is 0 Å². The second-order valence-electron chi connectivity index (χ2n) is 3.68. The predicted octanol–water partition coefficient (Wildman–Crippen LogP) is -1.68. The maximum Gasteiger partial charge on any atom is 0.351 e. The second-order valence-corrected chi connectivity index (χ2v) is 3.68. The van der Waals surface area contributed by atoms with Crippen LogP contribution in [-0.4, -0.2) is 36.9 Å². The molecule has 1 aliphatic heterocycles. The summed E-state index contributed by atoms with van der Waals surface area (Å²) in [5.74, 6) is 0.117. The quantitative estimate of drug-likeness (QED) is 0.524. The van der Waals surface area contributed by atoms with Gasteiger partial charge < -0.3 is 12.4 Å². The topological polar surface area (TPSA) is 29.4 Å². The molecule has 2 rings (SSSR count). The lowest BCUT2D eigenvalue weighted by Gasteiger charge is -2.21. The number of aliphatic imine (C=N–C) groups is 1. The Bertz CT molecular complexity index is 377. The first-order valence-corrected chi connectivity index (χ1v) is 4.68. The SMILES string of the molecule is C[N+]1(C(=O)c2ccccc2)C=NCC1.[Cl-]. The third kappa shape index (κ3) is 2.25. The van der Waals surface area contributed by atoms with E-state index in [-0.39, 0.29) is 18.3 Å². The van der Waals surface area contributed by atoms with Gasteiger partial charge in [0.2, 0.25) is 0 Å². The lowest BCUT2D eigenvalue weighted by molar-refractivity contribution is -0.719. The van der Waals surface area contributed by atoms with Gasteiger partial charge in [-0.3, -0.25) is 0 Å². The summed E-state index contributed by atoms with van der Waals surface area (Å²) in [5, 5.41) is 0. The molecule has 80 valence electrons. The van der Waals surface area contributed by atoms with Gasteiger partial charge in [-0.25, -0.2) is 14.3 Å². The molecule has 0 fully saturated rings. The Kier molecular flexibility index (Phi) is 3.61. The molecule has 3 nitrogen and oxygen atoms in total. The Morgan fingerprint density at radius 2 is 2.00 bits per heavy atom. The molecule has 0 saturated heterocycles. The molecule has 1 aromatic rings. The number of hydrogen-bond acceptors (Lipinski definition) is 2. The zero-order valence-electron chi connectivity index (χ0n) is 8.56. The van der Waals surface area contributed by atoms with Crippen molar-refractivity contribution in [2.75, 3.05) is 20.1 Å². The summed E-state index contributed by atoms with van der Waals surface area (Å²) >= 11 is 0. The lowest BCUT2D eigenvalue weighted by atomic mass is 10.2.